The Morgan fingerprint density at radius 3 is 1.51 bits per heavy atom. The molecule has 240 valence electrons. The summed E-state index contributed by atoms with van der Waals surface area (Å²) in [5.74, 6) is -0.156. The van der Waals surface area contributed by atoms with Crippen molar-refractivity contribution in [1.29, 1.82) is 0 Å². The fourth-order valence-corrected chi connectivity index (χ4v) is 5.57. The highest BCUT2D eigenvalue weighted by molar-refractivity contribution is 9.10. The largest absolute Gasteiger partial charge is 0.867 e. The monoisotopic (exact) mass is 768 g/mol. The molecule has 4 heterocycles. The minimum absolute atomic E-state index is 0.0409. The molecule has 6 nitrogen and oxygen atoms in total. The van der Waals surface area contributed by atoms with Gasteiger partial charge in [-0.3, -0.25) is 0 Å². The lowest BCUT2D eigenvalue weighted by Crippen LogP contribution is -2.28. The maximum absolute atomic E-state index is 13.1. The molecule has 0 radical (unpaired) electrons. The first-order chi connectivity index (χ1) is 23.9. The van der Waals surface area contributed by atoms with Crippen molar-refractivity contribution in [3.05, 3.63) is 176 Å². The summed E-state index contributed by atoms with van der Waals surface area (Å²) >= 11 is 6.87. The molecule has 0 aliphatic heterocycles. The normalized spacial score (nSPS) is 11.5. The van der Waals surface area contributed by atoms with Gasteiger partial charge in [0.25, 0.3) is 0 Å². The van der Waals surface area contributed by atoms with Crippen LogP contribution < -0.4 is 19.0 Å². The molecule has 8 heteroatoms. The van der Waals surface area contributed by atoms with Crippen LogP contribution in [0.3, 0.4) is 0 Å². The number of benzene rings is 3. The summed E-state index contributed by atoms with van der Waals surface area (Å²) in [4.78, 5) is 8.96. The molecule has 0 saturated carbocycles. The maximum atomic E-state index is 13.1. The van der Waals surface area contributed by atoms with Crippen molar-refractivity contribution in [2.75, 3.05) is 0 Å². The van der Waals surface area contributed by atoms with Gasteiger partial charge >= 0.3 is 11.3 Å². The Balaban J connectivity index is 0.000000182. The highest BCUT2D eigenvalue weighted by Gasteiger charge is 2.13. The molecule has 0 bridgehead atoms. The summed E-state index contributed by atoms with van der Waals surface area (Å²) in [7, 11) is 0. The average Bonchev–Trinajstić information content (AvgIpc) is 3.13. The molecular weight excluding hydrogens is 740 g/mol. The minimum atomic E-state index is -0.115. The minimum Gasteiger partial charge on any atom is -0.867 e. The zero-order valence-electron chi connectivity index (χ0n) is 26.4. The smallest absolute Gasteiger partial charge is 0.328 e. The molecular formula is C41H30Br2N4O2. The molecule has 7 rings (SSSR count). The van der Waals surface area contributed by atoms with Crippen molar-refractivity contribution in [2.45, 2.75) is 6.92 Å². The third-order valence-corrected chi connectivity index (χ3v) is 8.69. The molecule has 0 aliphatic carbocycles. The zero-order valence-corrected chi connectivity index (χ0v) is 29.6. The summed E-state index contributed by atoms with van der Waals surface area (Å²) in [6.45, 7) is 1.82. The molecule has 0 spiro atoms. The Labute approximate surface area is 301 Å². The van der Waals surface area contributed by atoms with E-state index in [4.69, 9.17) is 0 Å². The fraction of sp³-hybridized carbons (Fsp3) is 0.0244. The molecule has 0 atom stereocenters. The lowest BCUT2D eigenvalue weighted by Gasteiger charge is -2.10. The number of pyridine rings is 2. The van der Waals surface area contributed by atoms with E-state index in [2.05, 4.69) is 41.8 Å². The van der Waals surface area contributed by atoms with Gasteiger partial charge in [-0.2, -0.15) is 4.40 Å². The molecule has 4 aromatic heterocycles. The number of hydrogen-bond acceptors (Lipinski definition) is 4. The highest BCUT2D eigenvalue weighted by Crippen LogP contribution is 2.22. The summed E-state index contributed by atoms with van der Waals surface area (Å²) in [5, 5.41) is 25.4. The lowest BCUT2D eigenvalue weighted by molar-refractivity contribution is -0.528. The van der Waals surface area contributed by atoms with Gasteiger partial charge in [-0.15, -0.1) is 0 Å². The molecule has 0 unspecified atom stereocenters. The molecule has 7 aromatic rings. The van der Waals surface area contributed by atoms with Crippen molar-refractivity contribution < 1.29 is 19.0 Å². The summed E-state index contributed by atoms with van der Waals surface area (Å²) < 4.78 is 5.65. The Bertz CT molecular complexity index is 2320. The summed E-state index contributed by atoms with van der Waals surface area (Å²) in [6, 6.07) is 37.1. The van der Waals surface area contributed by atoms with Crippen LogP contribution in [-0.2, 0) is 0 Å². The average molecular weight is 771 g/mol. The SMILES string of the molecule is Cc1c([O-])c(/C=C/c2ccccc2)nc2cccc[n+]12.[O-]c1c(/C=C/c2ccc(Br)cc2)nc2cccc[n+]2c1/C=C/c1ccc(Br)cc1. The van der Waals surface area contributed by atoms with E-state index in [0.29, 0.717) is 22.8 Å². The van der Waals surface area contributed by atoms with Crippen LogP contribution in [0.4, 0.5) is 0 Å². The second-order valence-electron chi connectivity index (χ2n) is 11.0. The Morgan fingerprint density at radius 2 is 0.939 bits per heavy atom. The second-order valence-corrected chi connectivity index (χ2v) is 12.8. The molecule has 3 aromatic carbocycles. The van der Waals surface area contributed by atoms with Gasteiger partial charge in [-0.1, -0.05) is 117 Å². The van der Waals surface area contributed by atoms with Crippen LogP contribution in [0.15, 0.2) is 137 Å². The number of fused-ring (bicyclic) bond motifs is 2. The molecule has 0 amide bonds. The highest BCUT2D eigenvalue weighted by atomic mass is 79.9. The first kappa shape index (κ1) is 33.5. The third-order valence-electron chi connectivity index (χ3n) is 7.63. The van der Waals surface area contributed by atoms with Gasteiger partial charge in [0.2, 0.25) is 0 Å². The van der Waals surface area contributed by atoms with Crippen LogP contribution in [0.1, 0.15) is 39.5 Å². The number of hydrogen-bond donors (Lipinski definition) is 0. The molecule has 0 N–H and O–H groups in total. The quantitative estimate of drug-likeness (QED) is 0.160. The predicted octanol–water partition coefficient (Wildman–Crippen LogP) is 8.13. The van der Waals surface area contributed by atoms with Crippen molar-refractivity contribution >= 4 is 79.6 Å². The summed E-state index contributed by atoms with van der Waals surface area (Å²) in [5.41, 5.74) is 6.68. The van der Waals surface area contributed by atoms with Gasteiger partial charge in [0, 0.05) is 21.1 Å². The number of nitrogens with zero attached hydrogens (tertiary/aromatic N) is 4. The number of rotatable bonds is 6. The van der Waals surface area contributed by atoms with Gasteiger partial charge < -0.3 is 10.2 Å². The van der Waals surface area contributed by atoms with Gasteiger partial charge in [0.05, 0.1) is 12.4 Å². The van der Waals surface area contributed by atoms with E-state index in [1.165, 1.54) is 0 Å². The Kier molecular flexibility index (Phi) is 10.7. The number of halogens is 2. The van der Waals surface area contributed by atoms with Crippen molar-refractivity contribution in [3.63, 3.8) is 0 Å². The zero-order chi connectivity index (χ0) is 34.2. The number of aromatic nitrogens is 4. The van der Waals surface area contributed by atoms with E-state index >= 15 is 0 Å². The summed E-state index contributed by atoms with van der Waals surface area (Å²) in [6.07, 6.45) is 14.8. The van der Waals surface area contributed by atoms with E-state index < -0.39 is 0 Å². The Morgan fingerprint density at radius 1 is 0.490 bits per heavy atom. The first-order valence-electron chi connectivity index (χ1n) is 15.5. The maximum Gasteiger partial charge on any atom is 0.328 e. The van der Waals surface area contributed by atoms with E-state index in [0.717, 1.165) is 36.9 Å². The fourth-order valence-electron chi connectivity index (χ4n) is 5.04. The molecule has 49 heavy (non-hydrogen) atoms. The van der Waals surface area contributed by atoms with Gasteiger partial charge in [-0.05, 0) is 99.7 Å². The lowest BCUT2D eigenvalue weighted by atomic mass is 10.1. The van der Waals surface area contributed by atoms with Gasteiger partial charge in [0.15, 0.2) is 11.4 Å². The number of aryl methyl sites for hydroxylation is 1. The first-order valence-corrected chi connectivity index (χ1v) is 17.0. The molecule has 0 saturated heterocycles. The van der Waals surface area contributed by atoms with Gasteiger partial charge in [0.1, 0.15) is 11.4 Å². The third kappa shape index (κ3) is 8.35. The van der Waals surface area contributed by atoms with Crippen LogP contribution in [0.2, 0.25) is 0 Å². The second kappa shape index (κ2) is 15.6. The van der Waals surface area contributed by atoms with Crippen LogP contribution in [0.25, 0.3) is 47.8 Å². The van der Waals surface area contributed by atoms with Crippen LogP contribution in [-0.4, -0.2) is 9.97 Å². The van der Waals surface area contributed by atoms with E-state index in [1.54, 1.807) is 12.2 Å². The van der Waals surface area contributed by atoms with Crippen molar-refractivity contribution in [3.8, 4) is 11.5 Å². The molecule has 0 aliphatic rings. The van der Waals surface area contributed by atoms with Gasteiger partial charge in [-0.25, -0.2) is 4.40 Å². The predicted molar refractivity (Wildman–Crippen MR) is 200 cm³/mol. The van der Waals surface area contributed by atoms with Crippen LogP contribution in [0.5, 0.6) is 11.5 Å². The molecule has 0 fully saturated rings. The van der Waals surface area contributed by atoms with E-state index in [1.807, 2.05) is 168 Å². The van der Waals surface area contributed by atoms with Crippen molar-refractivity contribution in [1.82, 2.24) is 9.97 Å². The van der Waals surface area contributed by atoms with E-state index in [9.17, 15) is 10.2 Å². The van der Waals surface area contributed by atoms with Crippen LogP contribution >= 0.6 is 31.9 Å². The topological polar surface area (TPSA) is 80.1 Å². The standard InChI is InChI=1S/C24H16Br2N2O.C17H14N2O/c25-19-10-4-17(5-11-19)8-14-21-24(29)22(28-16-2-1-3-23(28)27-21)15-9-18-6-12-20(26)13-7-18;1-13-17(20)15(11-10-14-7-3-2-4-8-14)18-16-9-5-6-12-19(13)16/h1-16H;2-12H,1H3/b14-8+,15-9+;11-10+. The van der Waals surface area contributed by atoms with Crippen molar-refractivity contribution in [2.24, 2.45) is 0 Å². The Hall–Kier alpha value is -5.44. The van der Waals surface area contributed by atoms with Crippen LogP contribution in [0, 0.1) is 6.92 Å². The van der Waals surface area contributed by atoms with E-state index in [-0.39, 0.29) is 11.5 Å².